The topological polar surface area (TPSA) is 35.6 Å². The Kier molecular flexibility index (Phi) is 2.87. The minimum atomic E-state index is 0.0453. The molecule has 2 rings (SSSR count). The quantitative estimate of drug-likeness (QED) is 0.699. The summed E-state index contributed by atoms with van der Waals surface area (Å²) >= 11 is 0. The van der Waals surface area contributed by atoms with Crippen molar-refractivity contribution in [1.82, 2.24) is 15.1 Å². The molecule has 2 heterocycles. The summed E-state index contributed by atoms with van der Waals surface area (Å²) < 4.78 is 0. The molecule has 0 radical (unpaired) electrons. The Morgan fingerprint density at radius 1 is 1.27 bits per heavy atom. The molecule has 2 saturated heterocycles. The van der Waals surface area contributed by atoms with Gasteiger partial charge >= 0.3 is 6.03 Å². The molecule has 86 valence electrons. The number of urea groups is 1. The van der Waals surface area contributed by atoms with Crippen LogP contribution in [-0.4, -0.2) is 55.1 Å². The minimum absolute atomic E-state index is 0.0453. The fourth-order valence-electron chi connectivity index (χ4n) is 2.83. The van der Waals surface area contributed by atoms with E-state index in [4.69, 9.17) is 0 Å². The molecule has 2 fully saturated rings. The van der Waals surface area contributed by atoms with E-state index in [1.54, 1.807) is 19.0 Å². The molecular formula is C11H21N3O. The number of nitrogens with zero attached hydrogens (tertiary/aromatic N) is 2. The summed E-state index contributed by atoms with van der Waals surface area (Å²) in [7, 11) is 5.80. The van der Waals surface area contributed by atoms with E-state index >= 15 is 0 Å². The number of piperidine rings is 1. The van der Waals surface area contributed by atoms with Crippen molar-refractivity contribution in [3.8, 4) is 0 Å². The number of fused-ring (bicyclic) bond motifs is 2. The van der Waals surface area contributed by atoms with Gasteiger partial charge < -0.3 is 15.1 Å². The maximum Gasteiger partial charge on any atom is 0.317 e. The lowest BCUT2D eigenvalue weighted by Gasteiger charge is -2.36. The van der Waals surface area contributed by atoms with E-state index in [1.165, 1.54) is 12.8 Å². The molecular weight excluding hydrogens is 190 g/mol. The van der Waals surface area contributed by atoms with Crippen LogP contribution in [0.25, 0.3) is 0 Å². The molecule has 0 aliphatic carbocycles. The van der Waals surface area contributed by atoms with E-state index in [0.717, 1.165) is 12.8 Å². The number of hydrogen-bond acceptors (Lipinski definition) is 2. The highest BCUT2D eigenvalue weighted by Crippen LogP contribution is 2.34. The zero-order chi connectivity index (χ0) is 11.0. The number of nitrogens with one attached hydrogen (secondary N) is 1. The Morgan fingerprint density at radius 3 is 2.27 bits per heavy atom. The van der Waals surface area contributed by atoms with Crippen LogP contribution in [0.1, 0.15) is 25.7 Å². The first-order chi connectivity index (χ1) is 7.08. The number of carbonyl (C=O) groups excluding carboxylic acids is 1. The van der Waals surface area contributed by atoms with Gasteiger partial charge in [-0.25, -0.2) is 4.79 Å². The van der Waals surface area contributed by atoms with Crippen LogP contribution >= 0.6 is 0 Å². The molecule has 2 aliphatic heterocycles. The molecule has 4 heteroatoms. The standard InChI is InChI=1S/C11H21N3O/c1-13(2)11(15)12-8-6-9-4-5-10(7-8)14(9)3/h8-10H,4-7H2,1-3H3,(H,12,15)/t8?,9-,10+. The van der Waals surface area contributed by atoms with Crippen molar-refractivity contribution < 1.29 is 4.79 Å². The van der Waals surface area contributed by atoms with Crippen molar-refractivity contribution in [3.63, 3.8) is 0 Å². The molecule has 0 aromatic rings. The Balaban J connectivity index is 1.89. The summed E-state index contributed by atoms with van der Waals surface area (Å²) in [5.41, 5.74) is 0. The third-order valence-electron chi connectivity index (χ3n) is 3.83. The molecule has 0 saturated carbocycles. The molecule has 0 aromatic carbocycles. The first-order valence-corrected chi connectivity index (χ1v) is 5.77. The third kappa shape index (κ3) is 2.09. The number of amides is 2. The lowest BCUT2D eigenvalue weighted by atomic mass is 9.98. The van der Waals surface area contributed by atoms with Crippen LogP contribution in [0.2, 0.25) is 0 Å². The van der Waals surface area contributed by atoms with E-state index in [9.17, 15) is 4.79 Å². The Morgan fingerprint density at radius 2 is 1.80 bits per heavy atom. The van der Waals surface area contributed by atoms with Crippen molar-refractivity contribution in [3.05, 3.63) is 0 Å². The van der Waals surface area contributed by atoms with E-state index in [-0.39, 0.29) is 6.03 Å². The number of hydrogen-bond donors (Lipinski definition) is 1. The summed E-state index contributed by atoms with van der Waals surface area (Å²) in [5, 5.41) is 3.10. The van der Waals surface area contributed by atoms with Crippen LogP contribution in [0.3, 0.4) is 0 Å². The van der Waals surface area contributed by atoms with Gasteiger partial charge in [-0.05, 0) is 32.7 Å². The van der Waals surface area contributed by atoms with Gasteiger partial charge in [0.05, 0.1) is 0 Å². The number of carbonyl (C=O) groups is 1. The van der Waals surface area contributed by atoms with Crippen LogP contribution in [-0.2, 0) is 0 Å². The summed E-state index contributed by atoms with van der Waals surface area (Å²) in [6, 6.07) is 1.81. The molecule has 2 bridgehead atoms. The average molecular weight is 211 g/mol. The molecule has 15 heavy (non-hydrogen) atoms. The van der Waals surface area contributed by atoms with E-state index < -0.39 is 0 Å². The van der Waals surface area contributed by atoms with E-state index in [2.05, 4.69) is 17.3 Å². The average Bonchev–Trinajstić information content (AvgIpc) is 2.41. The normalized spacial score (nSPS) is 35.3. The lowest BCUT2D eigenvalue weighted by molar-refractivity contribution is 0.145. The fraction of sp³-hybridized carbons (Fsp3) is 0.909. The van der Waals surface area contributed by atoms with Crippen LogP contribution in [0, 0.1) is 0 Å². The molecule has 1 unspecified atom stereocenters. The molecule has 2 amide bonds. The second kappa shape index (κ2) is 4.00. The zero-order valence-electron chi connectivity index (χ0n) is 9.86. The minimum Gasteiger partial charge on any atom is -0.335 e. The van der Waals surface area contributed by atoms with Gasteiger partial charge in [0.25, 0.3) is 0 Å². The highest BCUT2D eigenvalue weighted by Gasteiger charge is 2.38. The second-order valence-corrected chi connectivity index (χ2v) is 5.06. The van der Waals surface area contributed by atoms with Crippen LogP contribution < -0.4 is 5.32 Å². The first kappa shape index (κ1) is 10.7. The second-order valence-electron chi connectivity index (χ2n) is 5.06. The van der Waals surface area contributed by atoms with Crippen molar-refractivity contribution in [2.24, 2.45) is 0 Å². The van der Waals surface area contributed by atoms with Gasteiger partial charge in [0.15, 0.2) is 0 Å². The summed E-state index contributed by atoms with van der Waals surface area (Å²) in [5.74, 6) is 0. The fourth-order valence-corrected chi connectivity index (χ4v) is 2.83. The summed E-state index contributed by atoms with van der Waals surface area (Å²) in [6.07, 6.45) is 4.84. The molecule has 4 nitrogen and oxygen atoms in total. The third-order valence-corrected chi connectivity index (χ3v) is 3.83. The highest BCUT2D eigenvalue weighted by molar-refractivity contribution is 5.73. The van der Waals surface area contributed by atoms with Gasteiger partial charge in [0.1, 0.15) is 0 Å². The maximum absolute atomic E-state index is 11.5. The van der Waals surface area contributed by atoms with Crippen molar-refractivity contribution in [1.29, 1.82) is 0 Å². The molecule has 0 aromatic heterocycles. The number of rotatable bonds is 1. The van der Waals surface area contributed by atoms with Gasteiger partial charge in [-0.2, -0.15) is 0 Å². The van der Waals surface area contributed by atoms with Crippen molar-refractivity contribution in [2.45, 2.75) is 43.8 Å². The van der Waals surface area contributed by atoms with Crippen molar-refractivity contribution >= 4 is 6.03 Å². The van der Waals surface area contributed by atoms with Gasteiger partial charge in [-0.3, -0.25) is 0 Å². The molecule has 2 aliphatic rings. The monoisotopic (exact) mass is 211 g/mol. The van der Waals surface area contributed by atoms with Crippen LogP contribution in [0.5, 0.6) is 0 Å². The van der Waals surface area contributed by atoms with Gasteiger partial charge in [0.2, 0.25) is 0 Å². The van der Waals surface area contributed by atoms with Gasteiger partial charge in [-0.15, -0.1) is 0 Å². The smallest absolute Gasteiger partial charge is 0.317 e. The first-order valence-electron chi connectivity index (χ1n) is 5.77. The van der Waals surface area contributed by atoms with Crippen molar-refractivity contribution in [2.75, 3.05) is 21.1 Å². The largest absolute Gasteiger partial charge is 0.335 e. The van der Waals surface area contributed by atoms with E-state index in [0.29, 0.717) is 18.1 Å². The van der Waals surface area contributed by atoms with Crippen LogP contribution in [0.4, 0.5) is 4.79 Å². The lowest BCUT2D eigenvalue weighted by Crippen LogP contribution is -2.50. The van der Waals surface area contributed by atoms with Gasteiger partial charge in [0, 0.05) is 32.2 Å². The SMILES string of the molecule is CN(C)C(=O)NC1C[C@H]2CC[C@@H](C1)N2C. The predicted molar refractivity (Wildman–Crippen MR) is 59.8 cm³/mol. The Labute approximate surface area is 91.6 Å². The van der Waals surface area contributed by atoms with Gasteiger partial charge in [-0.1, -0.05) is 0 Å². The summed E-state index contributed by atoms with van der Waals surface area (Å²) in [6.45, 7) is 0. The molecule has 0 spiro atoms. The highest BCUT2D eigenvalue weighted by atomic mass is 16.2. The maximum atomic E-state index is 11.5. The predicted octanol–water partition coefficient (Wildman–Crippen LogP) is 0.883. The van der Waals surface area contributed by atoms with Crippen LogP contribution in [0.15, 0.2) is 0 Å². The molecule has 1 N–H and O–H groups in total. The zero-order valence-corrected chi connectivity index (χ0v) is 9.86. The summed E-state index contributed by atoms with van der Waals surface area (Å²) in [4.78, 5) is 15.6. The Hall–Kier alpha value is -0.770. The molecule has 3 atom stereocenters. The Bertz CT molecular complexity index is 240. The van der Waals surface area contributed by atoms with E-state index in [1.807, 2.05) is 0 Å².